The second kappa shape index (κ2) is 9.24. The third kappa shape index (κ3) is 4.96. The van der Waals surface area contributed by atoms with E-state index in [9.17, 15) is 9.59 Å². The zero-order valence-corrected chi connectivity index (χ0v) is 17.9. The number of rotatable bonds is 6. The first-order chi connectivity index (χ1) is 14.6. The van der Waals surface area contributed by atoms with Crippen molar-refractivity contribution >= 4 is 34.4 Å². The lowest BCUT2D eigenvalue weighted by Gasteiger charge is -2.33. The second-order valence-corrected chi connectivity index (χ2v) is 8.70. The molecule has 2 aromatic carbocycles. The number of quaternary nitrogens is 1. The van der Waals surface area contributed by atoms with Crippen LogP contribution in [0.15, 0.2) is 66.7 Å². The van der Waals surface area contributed by atoms with Crippen molar-refractivity contribution in [2.45, 2.75) is 13.5 Å². The van der Waals surface area contributed by atoms with Crippen LogP contribution in [0.5, 0.6) is 0 Å². The van der Waals surface area contributed by atoms with E-state index in [2.05, 4.69) is 52.7 Å². The van der Waals surface area contributed by atoms with Gasteiger partial charge in [0.2, 0.25) is 0 Å². The Labute approximate surface area is 180 Å². The molecule has 4 rings (SSSR count). The molecular formula is C24H26N3O2S+. The van der Waals surface area contributed by atoms with Crippen LogP contribution in [0, 0.1) is 0 Å². The SMILES string of the molecule is CC(=O)c1ccc(C(=O)Nc2ccc(N3CC[NH+](Cc4ccccc4)CC3)cc2)s1. The quantitative estimate of drug-likeness (QED) is 0.603. The summed E-state index contributed by atoms with van der Waals surface area (Å²) in [4.78, 5) is 29.0. The molecule has 0 radical (unpaired) electrons. The highest BCUT2D eigenvalue weighted by atomic mass is 32.1. The number of anilines is 2. The summed E-state index contributed by atoms with van der Waals surface area (Å²) in [5.41, 5.74) is 3.33. The maximum absolute atomic E-state index is 12.4. The Bertz CT molecular complexity index is 1010. The molecule has 0 bridgehead atoms. The van der Waals surface area contributed by atoms with Crippen molar-refractivity contribution in [3.05, 3.63) is 82.0 Å². The van der Waals surface area contributed by atoms with Crippen molar-refractivity contribution in [3.8, 4) is 0 Å². The number of Topliss-reactive ketones (excluding diaryl/α,β-unsaturated/α-hetero) is 1. The van der Waals surface area contributed by atoms with Gasteiger partial charge in [0.15, 0.2) is 5.78 Å². The summed E-state index contributed by atoms with van der Waals surface area (Å²) in [5.74, 6) is -0.201. The number of piperazine rings is 1. The second-order valence-electron chi connectivity index (χ2n) is 7.62. The molecule has 1 saturated heterocycles. The van der Waals surface area contributed by atoms with E-state index in [0.29, 0.717) is 9.75 Å². The van der Waals surface area contributed by atoms with Gasteiger partial charge in [-0.25, -0.2) is 0 Å². The first-order valence-electron chi connectivity index (χ1n) is 10.2. The van der Waals surface area contributed by atoms with E-state index in [4.69, 9.17) is 0 Å². The van der Waals surface area contributed by atoms with E-state index in [1.165, 1.54) is 29.5 Å². The Morgan fingerprint density at radius 1 is 0.933 bits per heavy atom. The fourth-order valence-corrected chi connectivity index (χ4v) is 4.54. The average molecular weight is 421 g/mol. The highest BCUT2D eigenvalue weighted by molar-refractivity contribution is 7.16. The molecule has 2 N–H and O–H groups in total. The highest BCUT2D eigenvalue weighted by Crippen LogP contribution is 2.21. The van der Waals surface area contributed by atoms with Crippen LogP contribution < -0.4 is 15.1 Å². The van der Waals surface area contributed by atoms with Crippen molar-refractivity contribution in [1.29, 1.82) is 0 Å². The van der Waals surface area contributed by atoms with Gasteiger partial charge in [0.05, 0.1) is 35.9 Å². The largest absolute Gasteiger partial charge is 0.360 e. The van der Waals surface area contributed by atoms with E-state index in [1.807, 2.05) is 12.1 Å². The number of hydrogen-bond donors (Lipinski definition) is 2. The van der Waals surface area contributed by atoms with Gasteiger partial charge in [0.25, 0.3) is 5.91 Å². The number of nitrogens with one attached hydrogen (secondary N) is 2. The van der Waals surface area contributed by atoms with Crippen LogP contribution in [0.4, 0.5) is 11.4 Å². The molecule has 2 heterocycles. The Morgan fingerprint density at radius 2 is 1.60 bits per heavy atom. The first-order valence-corrected chi connectivity index (χ1v) is 11.0. The summed E-state index contributed by atoms with van der Waals surface area (Å²) in [6.07, 6.45) is 0. The Morgan fingerprint density at radius 3 is 2.23 bits per heavy atom. The highest BCUT2D eigenvalue weighted by Gasteiger charge is 2.20. The minimum Gasteiger partial charge on any atom is -0.360 e. The lowest BCUT2D eigenvalue weighted by atomic mass is 10.2. The number of carbonyl (C=O) groups excluding carboxylic acids is 2. The topological polar surface area (TPSA) is 53.9 Å². The molecular weight excluding hydrogens is 394 g/mol. The molecule has 1 aromatic heterocycles. The summed E-state index contributed by atoms with van der Waals surface area (Å²) in [6.45, 7) is 6.87. The molecule has 0 unspecified atom stereocenters. The number of amides is 1. The van der Waals surface area contributed by atoms with E-state index in [0.717, 1.165) is 38.4 Å². The van der Waals surface area contributed by atoms with Crippen LogP contribution in [0.2, 0.25) is 0 Å². The fraction of sp³-hybridized carbons (Fsp3) is 0.250. The smallest absolute Gasteiger partial charge is 0.265 e. The van der Waals surface area contributed by atoms with Crippen LogP contribution in [-0.4, -0.2) is 37.9 Å². The van der Waals surface area contributed by atoms with Crippen molar-refractivity contribution < 1.29 is 14.5 Å². The average Bonchev–Trinajstić information content (AvgIpc) is 3.27. The van der Waals surface area contributed by atoms with Crippen molar-refractivity contribution in [2.24, 2.45) is 0 Å². The maximum atomic E-state index is 12.4. The minimum absolute atomic E-state index is 0.0193. The van der Waals surface area contributed by atoms with E-state index >= 15 is 0 Å². The zero-order valence-electron chi connectivity index (χ0n) is 17.1. The van der Waals surface area contributed by atoms with Gasteiger partial charge in [-0.2, -0.15) is 0 Å². The molecule has 154 valence electrons. The van der Waals surface area contributed by atoms with Gasteiger partial charge in [-0.3, -0.25) is 9.59 Å². The van der Waals surface area contributed by atoms with Gasteiger partial charge >= 0.3 is 0 Å². The molecule has 0 spiro atoms. The van der Waals surface area contributed by atoms with Gasteiger partial charge < -0.3 is 15.1 Å². The monoisotopic (exact) mass is 420 g/mol. The molecule has 0 saturated carbocycles. The molecule has 6 heteroatoms. The number of carbonyl (C=O) groups is 2. The molecule has 1 amide bonds. The molecule has 3 aromatic rings. The number of benzene rings is 2. The van der Waals surface area contributed by atoms with E-state index in [-0.39, 0.29) is 11.7 Å². The summed E-state index contributed by atoms with van der Waals surface area (Å²) in [7, 11) is 0. The third-order valence-electron chi connectivity index (χ3n) is 5.43. The first kappa shape index (κ1) is 20.3. The van der Waals surface area contributed by atoms with E-state index in [1.54, 1.807) is 17.0 Å². The van der Waals surface area contributed by atoms with Gasteiger partial charge in [-0.1, -0.05) is 30.3 Å². The molecule has 1 fully saturated rings. The van der Waals surface area contributed by atoms with Crippen molar-refractivity contribution in [1.82, 2.24) is 0 Å². The van der Waals surface area contributed by atoms with Crippen molar-refractivity contribution in [2.75, 3.05) is 36.4 Å². The van der Waals surface area contributed by atoms with E-state index < -0.39 is 0 Å². The summed E-state index contributed by atoms with van der Waals surface area (Å²) >= 11 is 1.22. The number of hydrogen-bond acceptors (Lipinski definition) is 4. The maximum Gasteiger partial charge on any atom is 0.265 e. The Kier molecular flexibility index (Phi) is 6.26. The summed E-state index contributed by atoms with van der Waals surface area (Å²) < 4.78 is 0. The third-order valence-corrected chi connectivity index (χ3v) is 6.62. The van der Waals surface area contributed by atoms with Gasteiger partial charge in [-0.05, 0) is 43.3 Å². The fourth-order valence-electron chi connectivity index (χ4n) is 3.74. The minimum atomic E-state index is -0.182. The number of thiophene rings is 1. The van der Waals surface area contributed by atoms with Crippen LogP contribution in [0.3, 0.4) is 0 Å². The van der Waals surface area contributed by atoms with Crippen LogP contribution in [0.1, 0.15) is 31.8 Å². The molecule has 0 atom stereocenters. The van der Waals surface area contributed by atoms with Crippen LogP contribution in [-0.2, 0) is 6.54 Å². The lowest BCUT2D eigenvalue weighted by Crippen LogP contribution is -3.13. The molecule has 30 heavy (non-hydrogen) atoms. The van der Waals surface area contributed by atoms with Crippen LogP contribution >= 0.6 is 11.3 Å². The molecule has 1 aliphatic rings. The van der Waals surface area contributed by atoms with Gasteiger partial charge in [-0.15, -0.1) is 11.3 Å². The lowest BCUT2D eigenvalue weighted by molar-refractivity contribution is -0.914. The standard InChI is InChI=1S/C24H25N3O2S/c1-18(28)22-11-12-23(30-22)24(29)25-20-7-9-21(10-8-20)27-15-13-26(14-16-27)17-19-5-3-2-4-6-19/h2-12H,13-17H2,1H3,(H,25,29)/p+1. The summed E-state index contributed by atoms with van der Waals surface area (Å²) in [5, 5.41) is 2.91. The molecule has 5 nitrogen and oxygen atoms in total. The molecule has 0 aliphatic carbocycles. The number of ketones is 1. The van der Waals surface area contributed by atoms with Gasteiger partial charge in [0, 0.05) is 16.9 Å². The Balaban J connectivity index is 1.30. The Hall–Kier alpha value is -2.96. The van der Waals surface area contributed by atoms with Gasteiger partial charge in [0.1, 0.15) is 6.54 Å². The number of nitrogens with zero attached hydrogens (tertiary/aromatic N) is 1. The predicted molar refractivity (Wildman–Crippen MR) is 122 cm³/mol. The van der Waals surface area contributed by atoms with Crippen LogP contribution in [0.25, 0.3) is 0 Å². The zero-order chi connectivity index (χ0) is 20.9. The van der Waals surface area contributed by atoms with Crippen molar-refractivity contribution in [3.63, 3.8) is 0 Å². The molecule has 1 aliphatic heterocycles. The summed E-state index contributed by atoms with van der Waals surface area (Å²) in [6, 6.07) is 22.1. The predicted octanol–water partition coefficient (Wildman–Crippen LogP) is 3.11. The normalized spacial score (nSPS) is 14.5.